The first kappa shape index (κ1) is 73.8. The third-order valence-corrected chi connectivity index (χ3v) is 14.7. The quantitative estimate of drug-likeness (QED) is 0.0261. The summed E-state index contributed by atoms with van der Waals surface area (Å²) in [7, 11) is 0. The zero-order valence-electron chi connectivity index (χ0n) is 51.2. The Balaban J connectivity index is 4.33. The van der Waals surface area contributed by atoms with Crippen LogP contribution in [0.4, 0.5) is 0 Å². The Morgan fingerprint density at radius 3 is 0.792 bits per heavy atom. The number of rotatable bonds is 61. The van der Waals surface area contributed by atoms with Crippen LogP contribution in [0.3, 0.4) is 0 Å². The number of carbonyl (C=O) groups excluding carboxylic acids is 3. The molecule has 0 spiro atoms. The van der Waals surface area contributed by atoms with Crippen molar-refractivity contribution >= 4 is 17.9 Å². The van der Waals surface area contributed by atoms with E-state index in [9.17, 15) is 14.4 Å². The van der Waals surface area contributed by atoms with Crippen LogP contribution in [0.2, 0.25) is 0 Å². The highest BCUT2D eigenvalue weighted by Gasteiger charge is 2.19. The maximum Gasteiger partial charge on any atom is 0.306 e. The first-order chi connectivity index (χ1) is 38.0. The summed E-state index contributed by atoms with van der Waals surface area (Å²) in [6.45, 7) is 6.56. The van der Waals surface area contributed by atoms with Gasteiger partial charge in [-0.3, -0.25) is 14.4 Å². The molecule has 1 unspecified atom stereocenters. The van der Waals surface area contributed by atoms with Crippen LogP contribution in [0.15, 0.2) is 72.9 Å². The number of ether oxygens (including phenoxy) is 3. The molecule has 0 saturated heterocycles. The summed E-state index contributed by atoms with van der Waals surface area (Å²) in [5.74, 6) is -0.873. The standard InChI is InChI=1S/C71H126O6/c1-4-7-10-13-16-19-22-25-28-31-32-33-34-35-36-37-38-41-43-46-49-52-55-58-61-64-70(73)76-67-68(77-71(74)65-62-59-56-53-50-47-44-40-30-27-24-21-18-15-12-9-6-3)66-75-69(72)63-60-57-54-51-48-45-42-39-29-26-23-20-17-14-11-8-5-2/h9,12,18,21-22,25,27,30-32,34-35,68H,4-8,10-11,13-17,19-20,23-24,26,28-29,33,36-67H2,1-3H3/b12-9-,21-18-,25-22-,30-27-,32-31-,35-34-. The van der Waals surface area contributed by atoms with Gasteiger partial charge in [0.05, 0.1) is 0 Å². The summed E-state index contributed by atoms with van der Waals surface area (Å²) in [6.07, 6.45) is 84.8. The van der Waals surface area contributed by atoms with Gasteiger partial charge < -0.3 is 14.2 Å². The van der Waals surface area contributed by atoms with E-state index >= 15 is 0 Å². The smallest absolute Gasteiger partial charge is 0.306 e. The highest BCUT2D eigenvalue weighted by Crippen LogP contribution is 2.17. The highest BCUT2D eigenvalue weighted by molar-refractivity contribution is 5.71. The lowest BCUT2D eigenvalue weighted by atomic mass is 10.0. The maximum absolute atomic E-state index is 12.9. The minimum absolute atomic E-state index is 0.0773. The molecule has 77 heavy (non-hydrogen) atoms. The van der Waals surface area contributed by atoms with Gasteiger partial charge in [-0.25, -0.2) is 0 Å². The van der Waals surface area contributed by atoms with Gasteiger partial charge >= 0.3 is 17.9 Å². The lowest BCUT2D eigenvalue weighted by Crippen LogP contribution is -2.30. The Morgan fingerprint density at radius 2 is 0.506 bits per heavy atom. The van der Waals surface area contributed by atoms with E-state index in [4.69, 9.17) is 14.2 Å². The topological polar surface area (TPSA) is 78.9 Å². The van der Waals surface area contributed by atoms with Crippen molar-refractivity contribution in [1.29, 1.82) is 0 Å². The van der Waals surface area contributed by atoms with Crippen molar-refractivity contribution in [1.82, 2.24) is 0 Å². The van der Waals surface area contributed by atoms with E-state index in [-0.39, 0.29) is 31.1 Å². The molecule has 1 atom stereocenters. The fourth-order valence-corrected chi connectivity index (χ4v) is 9.70. The van der Waals surface area contributed by atoms with Crippen molar-refractivity contribution in [3.63, 3.8) is 0 Å². The molecule has 0 heterocycles. The molecule has 6 nitrogen and oxygen atoms in total. The second kappa shape index (κ2) is 65.4. The third-order valence-electron chi connectivity index (χ3n) is 14.7. The maximum atomic E-state index is 12.9. The Kier molecular flexibility index (Phi) is 62.7. The molecule has 0 saturated carbocycles. The van der Waals surface area contributed by atoms with Gasteiger partial charge in [0.25, 0.3) is 0 Å². The predicted octanol–water partition coefficient (Wildman–Crippen LogP) is 22.9. The Hall–Kier alpha value is -3.15. The van der Waals surface area contributed by atoms with Gasteiger partial charge in [-0.1, -0.05) is 306 Å². The number of hydrogen-bond acceptors (Lipinski definition) is 6. The van der Waals surface area contributed by atoms with E-state index in [2.05, 4.69) is 93.7 Å². The average molecular weight is 1080 g/mol. The summed E-state index contributed by atoms with van der Waals surface area (Å²) in [5, 5.41) is 0. The van der Waals surface area contributed by atoms with Crippen LogP contribution in [0.5, 0.6) is 0 Å². The third kappa shape index (κ3) is 63.6. The van der Waals surface area contributed by atoms with Crippen LogP contribution in [0.1, 0.15) is 342 Å². The highest BCUT2D eigenvalue weighted by atomic mass is 16.6. The van der Waals surface area contributed by atoms with Crippen molar-refractivity contribution in [3.05, 3.63) is 72.9 Å². The number of carbonyl (C=O) groups is 3. The van der Waals surface area contributed by atoms with Gasteiger partial charge in [-0.05, 0) is 89.9 Å². The van der Waals surface area contributed by atoms with Gasteiger partial charge in [0.15, 0.2) is 6.10 Å². The van der Waals surface area contributed by atoms with Crippen LogP contribution >= 0.6 is 0 Å². The average Bonchev–Trinajstić information content (AvgIpc) is 3.43. The van der Waals surface area contributed by atoms with Crippen LogP contribution in [-0.4, -0.2) is 37.2 Å². The zero-order valence-corrected chi connectivity index (χ0v) is 51.2. The van der Waals surface area contributed by atoms with Crippen LogP contribution in [-0.2, 0) is 28.6 Å². The minimum Gasteiger partial charge on any atom is -0.462 e. The second-order valence-corrected chi connectivity index (χ2v) is 22.4. The summed E-state index contributed by atoms with van der Waals surface area (Å²) in [6, 6.07) is 0. The van der Waals surface area contributed by atoms with Gasteiger partial charge in [0, 0.05) is 19.3 Å². The van der Waals surface area contributed by atoms with Crippen LogP contribution in [0.25, 0.3) is 0 Å². The molecule has 0 bridgehead atoms. The fourth-order valence-electron chi connectivity index (χ4n) is 9.70. The van der Waals surface area contributed by atoms with Crippen molar-refractivity contribution < 1.29 is 28.6 Å². The van der Waals surface area contributed by atoms with Crippen molar-refractivity contribution in [2.45, 2.75) is 348 Å². The van der Waals surface area contributed by atoms with Crippen molar-refractivity contribution in [3.8, 4) is 0 Å². The minimum atomic E-state index is -0.782. The van der Waals surface area contributed by atoms with Crippen LogP contribution < -0.4 is 0 Å². The molecule has 0 fully saturated rings. The fraction of sp³-hybridized carbons (Fsp3) is 0.789. The molecule has 0 aromatic heterocycles. The number of unbranched alkanes of at least 4 members (excludes halogenated alkanes) is 38. The van der Waals surface area contributed by atoms with Crippen LogP contribution in [0, 0.1) is 0 Å². The molecular weight excluding hydrogens is 949 g/mol. The molecule has 6 heteroatoms. The summed E-state index contributed by atoms with van der Waals surface area (Å²) >= 11 is 0. The molecular formula is C71H126O6. The van der Waals surface area contributed by atoms with E-state index in [1.807, 2.05) is 0 Å². The lowest BCUT2D eigenvalue weighted by molar-refractivity contribution is -0.167. The van der Waals surface area contributed by atoms with Gasteiger partial charge in [-0.15, -0.1) is 0 Å². The summed E-state index contributed by atoms with van der Waals surface area (Å²) in [5.41, 5.74) is 0. The predicted molar refractivity (Wildman–Crippen MR) is 335 cm³/mol. The molecule has 0 aliphatic heterocycles. The molecule has 0 aliphatic rings. The first-order valence-electron chi connectivity index (χ1n) is 33.4. The first-order valence-corrected chi connectivity index (χ1v) is 33.4. The molecule has 446 valence electrons. The van der Waals surface area contributed by atoms with E-state index in [1.54, 1.807) is 0 Å². The molecule has 0 N–H and O–H groups in total. The molecule has 0 rings (SSSR count). The van der Waals surface area contributed by atoms with Gasteiger partial charge in [-0.2, -0.15) is 0 Å². The second-order valence-electron chi connectivity index (χ2n) is 22.4. The Labute approximate surface area is 478 Å². The van der Waals surface area contributed by atoms with Crippen molar-refractivity contribution in [2.24, 2.45) is 0 Å². The number of esters is 3. The number of hydrogen-bond donors (Lipinski definition) is 0. The summed E-state index contributed by atoms with van der Waals surface area (Å²) < 4.78 is 17.0. The van der Waals surface area contributed by atoms with E-state index in [1.165, 1.54) is 205 Å². The zero-order chi connectivity index (χ0) is 55.7. The van der Waals surface area contributed by atoms with E-state index in [0.29, 0.717) is 19.3 Å². The van der Waals surface area contributed by atoms with Crippen molar-refractivity contribution in [2.75, 3.05) is 13.2 Å². The van der Waals surface area contributed by atoms with Gasteiger partial charge in [0.1, 0.15) is 13.2 Å². The summed E-state index contributed by atoms with van der Waals surface area (Å²) in [4.78, 5) is 38.4. The van der Waals surface area contributed by atoms with E-state index < -0.39 is 6.10 Å². The largest absolute Gasteiger partial charge is 0.462 e. The SMILES string of the molecule is CC/C=C\C/C=C\C/C=C\CCCCCCCCCC(=O)OC(COC(=O)CCCCCCCCCCCC/C=C\C/C=C\C/C=C\CCCCCCC)COC(=O)CCCCCCCCCCCCCCCCCCC. The molecule has 0 amide bonds. The Bertz CT molecular complexity index is 1420. The van der Waals surface area contributed by atoms with Gasteiger partial charge in [0.2, 0.25) is 0 Å². The molecule has 0 radical (unpaired) electrons. The Morgan fingerprint density at radius 1 is 0.273 bits per heavy atom. The van der Waals surface area contributed by atoms with E-state index in [0.717, 1.165) is 96.3 Å². The monoisotopic (exact) mass is 1070 g/mol. The normalized spacial score (nSPS) is 12.5. The molecule has 0 aromatic rings. The molecule has 0 aromatic carbocycles. The lowest BCUT2D eigenvalue weighted by Gasteiger charge is -2.18. The molecule has 0 aliphatic carbocycles. The number of allylic oxidation sites excluding steroid dienone is 12.